The van der Waals surface area contributed by atoms with E-state index in [0.29, 0.717) is 23.9 Å². The van der Waals surface area contributed by atoms with Crippen LogP contribution in [0.2, 0.25) is 0 Å². The van der Waals surface area contributed by atoms with Crippen molar-refractivity contribution >= 4 is 0 Å². The number of piperidine rings is 1. The first-order valence-corrected chi connectivity index (χ1v) is 7.31. The molecule has 2 aliphatic rings. The minimum Gasteiger partial charge on any atom is -0.311 e. The van der Waals surface area contributed by atoms with Crippen molar-refractivity contribution in [1.82, 2.24) is 5.32 Å². The Kier molecular flexibility index (Phi) is 3.42. The van der Waals surface area contributed by atoms with Crippen LogP contribution in [-0.4, -0.2) is 12.1 Å². The van der Waals surface area contributed by atoms with E-state index in [1.165, 1.54) is 5.57 Å². The van der Waals surface area contributed by atoms with Crippen molar-refractivity contribution in [1.29, 1.82) is 0 Å². The Morgan fingerprint density at radius 3 is 1.94 bits per heavy atom. The van der Waals surface area contributed by atoms with Gasteiger partial charge in [-0.05, 0) is 49.4 Å². The predicted octanol–water partition coefficient (Wildman–Crippen LogP) is 3.71. The molecular formula is C16H29N. The van der Waals surface area contributed by atoms with Crippen LogP contribution in [0.5, 0.6) is 0 Å². The fourth-order valence-electron chi connectivity index (χ4n) is 4.62. The van der Waals surface area contributed by atoms with Gasteiger partial charge in [0.05, 0.1) is 0 Å². The molecule has 0 radical (unpaired) electrons. The van der Waals surface area contributed by atoms with E-state index in [0.717, 1.165) is 23.7 Å². The van der Waals surface area contributed by atoms with Crippen molar-refractivity contribution in [2.75, 3.05) is 0 Å². The van der Waals surface area contributed by atoms with E-state index in [2.05, 4.69) is 53.4 Å². The molecule has 0 amide bonds. The Hall–Kier alpha value is -0.300. The van der Waals surface area contributed by atoms with Gasteiger partial charge in [-0.2, -0.15) is 0 Å². The van der Waals surface area contributed by atoms with Crippen LogP contribution in [0, 0.1) is 35.5 Å². The molecule has 0 spiro atoms. The molecule has 8 unspecified atom stereocenters. The summed E-state index contributed by atoms with van der Waals surface area (Å²) in [7, 11) is 0. The Labute approximate surface area is 107 Å². The lowest BCUT2D eigenvalue weighted by Crippen LogP contribution is -2.59. The average Bonchev–Trinajstić information content (AvgIpc) is 2.28. The van der Waals surface area contributed by atoms with Crippen LogP contribution in [-0.2, 0) is 0 Å². The van der Waals surface area contributed by atoms with Gasteiger partial charge >= 0.3 is 0 Å². The SMILES string of the molecule is C=C1C(C)C(C)C2C(C)C(C)NC(C)C2C1C. The quantitative estimate of drug-likeness (QED) is 0.631. The number of fused-ring (bicyclic) bond motifs is 1. The first kappa shape index (κ1) is 13.1. The molecule has 1 aliphatic heterocycles. The van der Waals surface area contributed by atoms with Gasteiger partial charge in [0.25, 0.3) is 0 Å². The summed E-state index contributed by atoms with van der Waals surface area (Å²) < 4.78 is 0. The van der Waals surface area contributed by atoms with E-state index < -0.39 is 0 Å². The zero-order valence-electron chi connectivity index (χ0n) is 12.3. The monoisotopic (exact) mass is 235 g/mol. The van der Waals surface area contributed by atoms with Gasteiger partial charge in [-0.15, -0.1) is 0 Å². The van der Waals surface area contributed by atoms with Gasteiger partial charge in [0.2, 0.25) is 0 Å². The molecule has 98 valence electrons. The van der Waals surface area contributed by atoms with Gasteiger partial charge in [-0.25, -0.2) is 0 Å². The lowest BCUT2D eigenvalue weighted by atomic mass is 9.54. The highest BCUT2D eigenvalue weighted by Gasteiger charge is 2.49. The van der Waals surface area contributed by atoms with Gasteiger partial charge in [-0.1, -0.05) is 39.8 Å². The lowest BCUT2D eigenvalue weighted by Gasteiger charge is -2.55. The summed E-state index contributed by atoms with van der Waals surface area (Å²) >= 11 is 0. The first-order chi connectivity index (χ1) is 7.86. The van der Waals surface area contributed by atoms with E-state index in [9.17, 15) is 0 Å². The maximum Gasteiger partial charge on any atom is 0.00780 e. The number of rotatable bonds is 0. The molecule has 2 fully saturated rings. The summed E-state index contributed by atoms with van der Waals surface area (Å²) in [5, 5.41) is 3.77. The zero-order valence-corrected chi connectivity index (χ0v) is 12.3. The van der Waals surface area contributed by atoms with Gasteiger partial charge in [0.1, 0.15) is 0 Å². The molecule has 0 aromatic carbocycles. The summed E-state index contributed by atoms with van der Waals surface area (Å²) in [4.78, 5) is 0. The minimum absolute atomic E-state index is 0.632. The van der Waals surface area contributed by atoms with Crippen molar-refractivity contribution in [3.63, 3.8) is 0 Å². The van der Waals surface area contributed by atoms with Crippen LogP contribution >= 0.6 is 0 Å². The van der Waals surface area contributed by atoms with E-state index in [1.807, 2.05) is 0 Å². The van der Waals surface area contributed by atoms with E-state index >= 15 is 0 Å². The van der Waals surface area contributed by atoms with E-state index in [4.69, 9.17) is 0 Å². The Balaban J connectivity index is 2.35. The second-order valence-corrected chi connectivity index (χ2v) is 6.77. The third kappa shape index (κ3) is 1.87. The molecule has 0 aromatic rings. The molecule has 8 atom stereocenters. The molecule has 0 bridgehead atoms. The third-order valence-electron chi connectivity index (χ3n) is 6.09. The highest BCUT2D eigenvalue weighted by Crippen LogP contribution is 2.51. The average molecular weight is 235 g/mol. The van der Waals surface area contributed by atoms with Crippen LogP contribution in [0.4, 0.5) is 0 Å². The maximum absolute atomic E-state index is 4.37. The van der Waals surface area contributed by atoms with E-state index in [1.54, 1.807) is 0 Å². The molecule has 1 saturated heterocycles. The smallest absolute Gasteiger partial charge is 0.00780 e. The number of allylic oxidation sites excluding steroid dienone is 1. The van der Waals surface area contributed by atoms with Gasteiger partial charge in [0.15, 0.2) is 0 Å². The third-order valence-corrected chi connectivity index (χ3v) is 6.09. The van der Waals surface area contributed by atoms with Gasteiger partial charge in [-0.3, -0.25) is 0 Å². The predicted molar refractivity (Wildman–Crippen MR) is 74.8 cm³/mol. The highest BCUT2D eigenvalue weighted by atomic mass is 15.0. The van der Waals surface area contributed by atoms with E-state index in [-0.39, 0.29) is 0 Å². The number of hydrogen-bond donors (Lipinski definition) is 1. The molecular weight excluding hydrogens is 206 g/mol. The van der Waals surface area contributed by atoms with Gasteiger partial charge in [0, 0.05) is 12.1 Å². The minimum atomic E-state index is 0.632. The second-order valence-electron chi connectivity index (χ2n) is 6.77. The maximum atomic E-state index is 4.37. The summed E-state index contributed by atoms with van der Waals surface area (Å²) in [6, 6.07) is 1.28. The highest BCUT2D eigenvalue weighted by molar-refractivity contribution is 5.16. The molecule has 1 heteroatoms. The van der Waals surface area contributed by atoms with Crippen LogP contribution in [0.15, 0.2) is 12.2 Å². The zero-order chi connectivity index (χ0) is 12.9. The van der Waals surface area contributed by atoms with Crippen molar-refractivity contribution in [2.24, 2.45) is 35.5 Å². The molecule has 1 N–H and O–H groups in total. The number of nitrogens with one attached hydrogen (secondary N) is 1. The van der Waals surface area contributed by atoms with Crippen LogP contribution in [0.1, 0.15) is 41.5 Å². The van der Waals surface area contributed by atoms with Crippen LogP contribution in [0.3, 0.4) is 0 Å². The van der Waals surface area contributed by atoms with Crippen molar-refractivity contribution in [2.45, 2.75) is 53.6 Å². The lowest BCUT2D eigenvalue weighted by molar-refractivity contribution is -0.00434. The largest absolute Gasteiger partial charge is 0.311 e. The fraction of sp³-hybridized carbons (Fsp3) is 0.875. The molecule has 1 heterocycles. The molecule has 17 heavy (non-hydrogen) atoms. The summed E-state index contributed by atoms with van der Waals surface area (Å²) in [5.74, 6) is 4.56. The molecule has 0 aromatic heterocycles. The van der Waals surface area contributed by atoms with Gasteiger partial charge < -0.3 is 5.32 Å². The number of hydrogen-bond acceptors (Lipinski definition) is 1. The standard InChI is InChI=1S/C16H29N/c1-8-9(2)11(4)16-14(7)17-13(6)12(5)15(16)10(8)3/h8,10-17H,2H2,1,3-7H3. The molecule has 1 saturated carbocycles. The Morgan fingerprint density at radius 2 is 1.35 bits per heavy atom. The van der Waals surface area contributed by atoms with Crippen LogP contribution in [0.25, 0.3) is 0 Å². The topological polar surface area (TPSA) is 12.0 Å². The molecule has 1 aliphatic carbocycles. The Morgan fingerprint density at radius 1 is 0.765 bits per heavy atom. The Bertz CT molecular complexity index is 309. The molecule has 2 rings (SSSR count). The van der Waals surface area contributed by atoms with Crippen LogP contribution < -0.4 is 5.32 Å². The van der Waals surface area contributed by atoms with Crippen molar-refractivity contribution in [3.8, 4) is 0 Å². The fourth-order valence-corrected chi connectivity index (χ4v) is 4.62. The van der Waals surface area contributed by atoms with Crippen molar-refractivity contribution < 1.29 is 0 Å². The normalized spacial score (nSPS) is 55.5. The van der Waals surface area contributed by atoms with Crippen molar-refractivity contribution in [3.05, 3.63) is 12.2 Å². The summed E-state index contributed by atoms with van der Waals surface area (Å²) in [6.45, 7) is 18.7. The molecule has 1 nitrogen and oxygen atoms in total. The summed E-state index contributed by atoms with van der Waals surface area (Å²) in [6.07, 6.45) is 0. The summed E-state index contributed by atoms with van der Waals surface area (Å²) in [5.41, 5.74) is 1.48. The second kappa shape index (κ2) is 4.42. The first-order valence-electron chi connectivity index (χ1n) is 7.31.